The highest BCUT2D eigenvalue weighted by atomic mass is 32.1. The van der Waals surface area contributed by atoms with Crippen molar-refractivity contribution < 1.29 is 0 Å². The molecule has 1 heterocycles. The largest absolute Gasteiger partial charge is 0.354 e. The molecule has 3 nitrogen and oxygen atoms in total. The minimum absolute atomic E-state index is 0.272. The van der Waals surface area contributed by atoms with E-state index in [0.717, 1.165) is 10.0 Å². The van der Waals surface area contributed by atoms with Gasteiger partial charge in [0.25, 0.3) is 0 Å². The summed E-state index contributed by atoms with van der Waals surface area (Å²) in [6.07, 6.45) is 1.85. The van der Waals surface area contributed by atoms with Crippen LogP contribution in [-0.4, -0.2) is 19.1 Å². The Morgan fingerprint density at radius 3 is 2.33 bits per heavy atom. The van der Waals surface area contributed by atoms with Crippen molar-refractivity contribution >= 4 is 16.5 Å². The molecule has 0 aliphatic carbocycles. The molecule has 0 spiro atoms. The fraction of sp³-hybridized carbons (Fsp3) is 0.625. The Morgan fingerprint density at radius 1 is 1.50 bits per heavy atom. The van der Waals surface area contributed by atoms with Crippen molar-refractivity contribution in [1.29, 1.82) is 0 Å². The molecule has 0 saturated carbocycles. The van der Waals surface area contributed by atoms with E-state index in [1.165, 1.54) is 0 Å². The first-order valence-electron chi connectivity index (χ1n) is 3.84. The second-order valence-corrected chi connectivity index (χ2v) is 4.63. The van der Waals surface area contributed by atoms with Gasteiger partial charge in [0, 0.05) is 30.7 Å². The van der Waals surface area contributed by atoms with Crippen LogP contribution in [0.25, 0.3) is 0 Å². The van der Waals surface area contributed by atoms with Gasteiger partial charge >= 0.3 is 0 Å². The zero-order valence-corrected chi connectivity index (χ0v) is 8.77. The Labute approximate surface area is 77.2 Å². The van der Waals surface area contributed by atoms with Gasteiger partial charge in [-0.1, -0.05) is 0 Å². The molecule has 1 aromatic rings. The molecular formula is C8H15N3S. The molecule has 0 amide bonds. The number of nitrogens with zero attached hydrogens (tertiary/aromatic N) is 2. The van der Waals surface area contributed by atoms with Crippen molar-refractivity contribution in [2.75, 3.05) is 19.0 Å². The van der Waals surface area contributed by atoms with Crippen LogP contribution in [0, 0.1) is 0 Å². The predicted octanol–water partition coefficient (Wildman–Crippen LogP) is 1.40. The van der Waals surface area contributed by atoms with Crippen molar-refractivity contribution in [3.05, 3.63) is 11.1 Å². The summed E-state index contributed by atoms with van der Waals surface area (Å²) in [4.78, 5) is 7.35. The maximum Gasteiger partial charge on any atom is 0.185 e. The van der Waals surface area contributed by atoms with E-state index < -0.39 is 0 Å². The lowest BCUT2D eigenvalue weighted by Gasteiger charge is -2.15. The highest BCUT2D eigenvalue weighted by Gasteiger charge is 2.17. The zero-order chi connectivity index (χ0) is 9.35. The van der Waals surface area contributed by atoms with Gasteiger partial charge in [0.1, 0.15) is 0 Å². The normalized spacial score (nSPS) is 11.8. The third-order valence-electron chi connectivity index (χ3n) is 1.51. The first-order chi connectivity index (χ1) is 5.41. The monoisotopic (exact) mass is 185 g/mol. The molecule has 0 aliphatic heterocycles. The summed E-state index contributed by atoms with van der Waals surface area (Å²) in [7, 11) is 3.96. The van der Waals surface area contributed by atoms with Gasteiger partial charge in [0.05, 0.1) is 0 Å². The van der Waals surface area contributed by atoms with Gasteiger partial charge < -0.3 is 10.6 Å². The molecule has 4 heteroatoms. The summed E-state index contributed by atoms with van der Waals surface area (Å²) in [6.45, 7) is 3.97. The highest BCUT2D eigenvalue weighted by Crippen LogP contribution is 2.27. The van der Waals surface area contributed by atoms with E-state index in [0.29, 0.717) is 0 Å². The summed E-state index contributed by atoms with van der Waals surface area (Å²) < 4.78 is 0. The van der Waals surface area contributed by atoms with Gasteiger partial charge in [-0.2, -0.15) is 0 Å². The minimum atomic E-state index is -0.272. The lowest BCUT2D eigenvalue weighted by molar-refractivity contribution is 0.566. The average molecular weight is 185 g/mol. The minimum Gasteiger partial charge on any atom is -0.354 e. The fourth-order valence-corrected chi connectivity index (χ4v) is 1.62. The van der Waals surface area contributed by atoms with Crippen LogP contribution in [-0.2, 0) is 5.54 Å². The second-order valence-electron chi connectivity index (χ2n) is 3.62. The molecule has 1 rings (SSSR count). The van der Waals surface area contributed by atoms with E-state index in [1.807, 2.05) is 39.0 Å². The summed E-state index contributed by atoms with van der Waals surface area (Å²) in [6, 6.07) is 0. The first kappa shape index (κ1) is 9.48. The highest BCUT2D eigenvalue weighted by molar-refractivity contribution is 7.15. The predicted molar refractivity (Wildman–Crippen MR) is 53.7 cm³/mol. The molecule has 0 aromatic carbocycles. The van der Waals surface area contributed by atoms with Crippen LogP contribution in [0.1, 0.15) is 18.7 Å². The number of anilines is 1. The topological polar surface area (TPSA) is 42.2 Å². The Morgan fingerprint density at radius 2 is 2.08 bits per heavy atom. The van der Waals surface area contributed by atoms with Crippen molar-refractivity contribution in [2.24, 2.45) is 5.73 Å². The molecule has 0 bridgehead atoms. The van der Waals surface area contributed by atoms with Crippen LogP contribution in [0.5, 0.6) is 0 Å². The summed E-state index contributed by atoms with van der Waals surface area (Å²) in [5.41, 5.74) is 5.65. The van der Waals surface area contributed by atoms with Crippen LogP contribution in [0.15, 0.2) is 6.20 Å². The molecule has 0 saturated heterocycles. The Balaban J connectivity index is 2.92. The quantitative estimate of drug-likeness (QED) is 0.757. The molecule has 68 valence electrons. The van der Waals surface area contributed by atoms with Crippen LogP contribution in [0.2, 0.25) is 0 Å². The van der Waals surface area contributed by atoms with Gasteiger partial charge in [-0.15, -0.1) is 11.3 Å². The molecule has 2 N–H and O–H groups in total. The van der Waals surface area contributed by atoms with Crippen molar-refractivity contribution in [1.82, 2.24) is 4.98 Å². The van der Waals surface area contributed by atoms with Crippen molar-refractivity contribution in [2.45, 2.75) is 19.4 Å². The average Bonchev–Trinajstić information content (AvgIpc) is 2.30. The fourth-order valence-electron chi connectivity index (χ4n) is 0.770. The van der Waals surface area contributed by atoms with Crippen molar-refractivity contribution in [3.63, 3.8) is 0 Å². The third-order valence-corrected chi connectivity index (χ3v) is 3.02. The van der Waals surface area contributed by atoms with Crippen LogP contribution in [0.4, 0.5) is 5.13 Å². The maximum absolute atomic E-state index is 5.92. The Bertz CT molecular complexity index is 260. The van der Waals surface area contributed by atoms with Gasteiger partial charge in [-0.05, 0) is 13.8 Å². The number of aromatic nitrogens is 1. The number of thiazole rings is 1. The smallest absolute Gasteiger partial charge is 0.185 e. The van der Waals surface area contributed by atoms with Crippen LogP contribution >= 0.6 is 11.3 Å². The van der Waals surface area contributed by atoms with Gasteiger partial charge in [-0.25, -0.2) is 4.98 Å². The molecule has 1 aromatic heterocycles. The van der Waals surface area contributed by atoms with E-state index in [2.05, 4.69) is 4.98 Å². The first-order valence-corrected chi connectivity index (χ1v) is 4.65. The maximum atomic E-state index is 5.92. The third kappa shape index (κ3) is 1.95. The SMILES string of the molecule is CN(C)c1ncc(C(C)(C)N)s1. The summed E-state index contributed by atoms with van der Waals surface area (Å²) in [5.74, 6) is 0. The molecule has 0 radical (unpaired) electrons. The van der Waals surface area contributed by atoms with E-state index in [4.69, 9.17) is 5.73 Å². The van der Waals surface area contributed by atoms with E-state index >= 15 is 0 Å². The molecular weight excluding hydrogens is 170 g/mol. The number of hydrogen-bond acceptors (Lipinski definition) is 4. The zero-order valence-electron chi connectivity index (χ0n) is 7.96. The number of nitrogens with two attached hydrogens (primary N) is 1. The lowest BCUT2D eigenvalue weighted by atomic mass is 10.1. The molecule has 0 atom stereocenters. The lowest BCUT2D eigenvalue weighted by Crippen LogP contribution is -2.27. The van der Waals surface area contributed by atoms with E-state index in [-0.39, 0.29) is 5.54 Å². The standard InChI is InChI=1S/C8H15N3S/c1-8(2,9)6-5-10-7(12-6)11(3)4/h5H,9H2,1-4H3. The molecule has 0 aliphatic rings. The van der Waals surface area contributed by atoms with Gasteiger partial charge in [0.15, 0.2) is 5.13 Å². The second kappa shape index (κ2) is 3.03. The van der Waals surface area contributed by atoms with Crippen LogP contribution < -0.4 is 10.6 Å². The van der Waals surface area contributed by atoms with Crippen molar-refractivity contribution in [3.8, 4) is 0 Å². The summed E-state index contributed by atoms with van der Waals surface area (Å²) in [5, 5.41) is 1.00. The van der Waals surface area contributed by atoms with E-state index in [1.54, 1.807) is 11.3 Å². The Hall–Kier alpha value is -0.610. The van der Waals surface area contributed by atoms with Gasteiger partial charge in [-0.3, -0.25) is 0 Å². The Kier molecular flexibility index (Phi) is 2.39. The number of rotatable bonds is 2. The molecule has 0 fully saturated rings. The molecule has 12 heavy (non-hydrogen) atoms. The molecule has 0 unspecified atom stereocenters. The van der Waals surface area contributed by atoms with Crippen LogP contribution in [0.3, 0.4) is 0 Å². The van der Waals surface area contributed by atoms with E-state index in [9.17, 15) is 0 Å². The van der Waals surface area contributed by atoms with Gasteiger partial charge in [0.2, 0.25) is 0 Å². The number of hydrogen-bond donors (Lipinski definition) is 1. The summed E-state index contributed by atoms with van der Waals surface area (Å²) >= 11 is 1.64.